The molecule has 0 radical (unpaired) electrons. The van der Waals surface area contributed by atoms with E-state index in [9.17, 15) is 5.11 Å². The first-order valence-electron chi connectivity index (χ1n) is 4.36. The van der Waals surface area contributed by atoms with Crippen LogP contribution in [0.5, 0.6) is 5.75 Å². The maximum absolute atomic E-state index is 9.27. The van der Waals surface area contributed by atoms with Crippen molar-refractivity contribution in [1.29, 1.82) is 0 Å². The van der Waals surface area contributed by atoms with E-state index in [4.69, 9.17) is 0 Å². The highest BCUT2D eigenvalue weighted by atomic mass is 16.3. The van der Waals surface area contributed by atoms with Crippen molar-refractivity contribution < 1.29 is 5.11 Å². The van der Waals surface area contributed by atoms with Gasteiger partial charge in [-0.05, 0) is 37.1 Å². The fraction of sp³-hybridized carbons (Fsp3) is 0.167. The lowest BCUT2D eigenvalue weighted by atomic mass is 10.1. The normalized spacial score (nSPS) is 11.5. The standard InChI is InChI=1S/C12H14O/c1-3-5-10-7-8-12(13)9-11(10)6-4-2/h3-9,13H,1-2H3/b5-3-,6-4-. The quantitative estimate of drug-likeness (QED) is 0.728. The smallest absolute Gasteiger partial charge is 0.116 e. The third kappa shape index (κ3) is 2.48. The summed E-state index contributed by atoms with van der Waals surface area (Å²) in [4.78, 5) is 0. The van der Waals surface area contributed by atoms with Crippen LogP contribution in [0, 0.1) is 0 Å². The zero-order valence-corrected chi connectivity index (χ0v) is 7.99. The Morgan fingerprint density at radius 1 is 1.00 bits per heavy atom. The summed E-state index contributed by atoms with van der Waals surface area (Å²) in [5.41, 5.74) is 2.17. The maximum atomic E-state index is 9.27. The van der Waals surface area contributed by atoms with Crippen LogP contribution < -0.4 is 0 Å². The Balaban J connectivity index is 3.18. The SMILES string of the molecule is C/C=C\c1ccc(O)cc1/C=C\C. The van der Waals surface area contributed by atoms with Crippen molar-refractivity contribution in [2.75, 3.05) is 0 Å². The number of rotatable bonds is 2. The summed E-state index contributed by atoms with van der Waals surface area (Å²) < 4.78 is 0. The summed E-state index contributed by atoms with van der Waals surface area (Å²) in [6, 6.07) is 5.36. The predicted molar refractivity (Wildman–Crippen MR) is 57.5 cm³/mol. The molecule has 0 saturated carbocycles. The highest BCUT2D eigenvalue weighted by Crippen LogP contribution is 2.19. The Morgan fingerprint density at radius 3 is 2.23 bits per heavy atom. The van der Waals surface area contributed by atoms with Crippen LogP contribution in [-0.2, 0) is 0 Å². The van der Waals surface area contributed by atoms with E-state index in [1.807, 2.05) is 44.2 Å². The Morgan fingerprint density at radius 2 is 1.62 bits per heavy atom. The molecule has 1 N–H and O–H groups in total. The Labute approximate surface area is 79.0 Å². The summed E-state index contributed by atoms with van der Waals surface area (Å²) >= 11 is 0. The van der Waals surface area contributed by atoms with Gasteiger partial charge in [0.25, 0.3) is 0 Å². The molecule has 0 heterocycles. The summed E-state index contributed by atoms with van der Waals surface area (Å²) in [6.45, 7) is 3.94. The molecule has 0 aliphatic heterocycles. The van der Waals surface area contributed by atoms with E-state index < -0.39 is 0 Å². The Bertz CT molecular complexity index is 335. The third-order valence-corrected chi connectivity index (χ3v) is 1.76. The summed E-state index contributed by atoms with van der Waals surface area (Å²) in [5, 5.41) is 9.27. The van der Waals surface area contributed by atoms with Gasteiger partial charge in [0.1, 0.15) is 5.75 Å². The van der Waals surface area contributed by atoms with E-state index in [0.717, 1.165) is 11.1 Å². The summed E-state index contributed by atoms with van der Waals surface area (Å²) in [5.74, 6) is 0.307. The highest BCUT2D eigenvalue weighted by molar-refractivity contribution is 5.66. The van der Waals surface area contributed by atoms with Gasteiger partial charge in [-0.25, -0.2) is 0 Å². The first-order chi connectivity index (χ1) is 6.27. The van der Waals surface area contributed by atoms with Crippen LogP contribution in [-0.4, -0.2) is 5.11 Å². The number of hydrogen-bond acceptors (Lipinski definition) is 1. The van der Waals surface area contributed by atoms with Gasteiger partial charge in [0.05, 0.1) is 0 Å². The molecule has 1 aromatic carbocycles. The van der Waals surface area contributed by atoms with Crippen LogP contribution in [0.1, 0.15) is 25.0 Å². The molecular weight excluding hydrogens is 160 g/mol. The van der Waals surface area contributed by atoms with Gasteiger partial charge in [0.2, 0.25) is 0 Å². The van der Waals surface area contributed by atoms with Gasteiger partial charge < -0.3 is 5.11 Å². The monoisotopic (exact) mass is 174 g/mol. The number of phenolic OH excluding ortho intramolecular Hbond substituents is 1. The fourth-order valence-corrected chi connectivity index (χ4v) is 1.22. The lowest BCUT2D eigenvalue weighted by molar-refractivity contribution is 0.475. The molecule has 13 heavy (non-hydrogen) atoms. The van der Waals surface area contributed by atoms with Crippen molar-refractivity contribution in [3.8, 4) is 5.75 Å². The van der Waals surface area contributed by atoms with Gasteiger partial charge in [-0.15, -0.1) is 0 Å². The van der Waals surface area contributed by atoms with Gasteiger partial charge in [-0.2, -0.15) is 0 Å². The molecule has 1 nitrogen and oxygen atoms in total. The Kier molecular flexibility index (Phi) is 3.32. The number of hydrogen-bond donors (Lipinski definition) is 1. The van der Waals surface area contributed by atoms with E-state index in [-0.39, 0.29) is 0 Å². The minimum atomic E-state index is 0.307. The van der Waals surface area contributed by atoms with Crippen LogP contribution in [0.15, 0.2) is 30.4 Å². The number of allylic oxidation sites excluding steroid dienone is 2. The first kappa shape index (κ1) is 9.59. The number of phenols is 1. The fourth-order valence-electron chi connectivity index (χ4n) is 1.22. The maximum Gasteiger partial charge on any atom is 0.116 e. The average molecular weight is 174 g/mol. The first-order valence-corrected chi connectivity index (χ1v) is 4.36. The molecule has 1 rings (SSSR count). The zero-order valence-electron chi connectivity index (χ0n) is 7.99. The molecule has 0 atom stereocenters. The zero-order chi connectivity index (χ0) is 9.68. The molecule has 1 heteroatoms. The van der Waals surface area contributed by atoms with E-state index >= 15 is 0 Å². The molecule has 0 bridgehead atoms. The minimum absolute atomic E-state index is 0.307. The molecule has 0 fully saturated rings. The van der Waals surface area contributed by atoms with Gasteiger partial charge in [0, 0.05) is 0 Å². The largest absolute Gasteiger partial charge is 0.508 e. The van der Waals surface area contributed by atoms with Crippen LogP contribution in [0.25, 0.3) is 12.2 Å². The molecular formula is C12H14O. The van der Waals surface area contributed by atoms with Crippen LogP contribution >= 0.6 is 0 Å². The second-order valence-corrected chi connectivity index (χ2v) is 2.81. The summed E-state index contributed by atoms with van der Waals surface area (Å²) in [7, 11) is 0. The third-order valence-electron chi connectivity index (χ3n) is 1.76. The van der Waals surface area contributed by atoms with E-state index in [2.05, 4.69) is 0 Å². The van der Waals surface area contributed by atoms with Crippen LogP contribution in [0.3, 0.4) is 0 Å². The van der Waals surface area contributed by atoms with E-state index in [1.165, 1.54) is 0 Å². The van der Waals surface area contributed by atoms with Gasteiger partial charge in [-0.3, -0.25) is 0 Å². The molecule has 1 aromatic rings. The van der Waals surface area contributed by atoms with Crippen molar-refractivity contribution in [3.63, 3.8) is 0 Å². The predicted octanol–water partition coefficient (Wildman–Crippen LogP) is 3.46. The van der Waals surface area contributed by atoms with E-state index in [0.29, 0.717) is 5.75 Å². The molecule has 0 spiro atoms. The van der Waals surface area contributed by atoms with Gasteiger partial charge >= 0.3 is 0 Å². The molecule has 0 saturated heterocycles. The molecule has 0 aliphatic rings. The lowest BCUT2D eigenvalue weighted by Crippen LogP contribution is -1.79. The molecule has 68 valence electrons. The van der Waals surface area contributed by atoms with Crippen molar-refractivity contribution >= 4 is 12.2 Å². The molecule has 0 aliphatic carbocycles. The Hall–Kier alpha value is -1.50. The van der Waals surface area contributed by atoms with Crippen LogP contribution in [0.2, 0.25) is 0 Å². The highest BCUT2D eigenvalue weighted by Gasteiger charge is 1.96. The summed E-state index contributed by atoms with van der Waals surface area (Å²) in [6.07, 6.45) is 7.95. The van der Waals surface area contributed by atoms with Crippen molar-refractivity contribution in [1.82, 2.24) is 0 Å². The molecule has 0 aromatic heterocycles. The number of aromatic hydroxyl groups is 1. The average Bonchev–Trinajstić information content (AvgIpc) is 2.10. The molecule has 0 unspecified atom stereocenters. The van der Waals surface area contributed by atoms with E-state index in [1.54, 1.807) is 12.1 Å². The van der Waals surface area contributed by atoms with Crippen molar-refractivity contribution in [2.24, 2.45) is 0 Å². The van der Waals surface area contributed by atoms with Crippen LogP contribution in [0.4, 0.5) is 0 Å². The van der Waals surface area contributed by atoms with Crippen molar-refractivity contribution in [3.05, 3.63) is 41.5 Å². The van der Waals surface area contributed by atoms with Gasteiger partial charge in [-0.1, -0.05) is 30.4 Å². The topological polar surface area (TPSA) is 20.2 Å². The molecule has 0 amide bonds. The number of benzene rings is 1. The van der Waals surface area contributed by atoms with Gasteiger partial charge in [0.15, 0.2) is 0 Å². The second-order valence-electron chi connectivity index (χ2n) is 2.81. The van der Waals surface area contributed by atoms with Crippen molar-refractivity contribution in [2.45, 2.75) is 13.8 Å². The lowest BCUT2D eigenvalue weighted by Gasteiger charge is -2.01. The second kappa shape index (κ2) is 4.51. The minimum Gasteiger partial charge on any atom is -0.508 e.